The highest BCUT2D eigenvalue weighted by Gasteiger charge is 2.22. The number of furan rings is 1. The first-order valence-electron chi connectivity index (χ1n) is 10.3. The predicted molar refractivity (Wildman–Crippen MR) is 116 cm³/mol. The number of hydrogen-bond donors (Lipinski definition) is 1. The molecule has 1 fully saturated rings. The van der Waals surface area contributed by atoms with Gasteiger partial charge < -0.3 is 19.2 Å². The molecule has 1 N–H and O–H groups in total. The number of hydrogen-bond acceptors (Lipinski definition) is 6. The van der Waals surface area contributed by atoms with Crippen LogP contribution in [-0.2, 0) is 13.6 Å². The molecule has 0 unspecified atom stereocenters. The third-order valence-corrected chi connectivity index (χ3v) is 5.71. The molecule has 8 nitrogen and oxygen atoms in total. The maximum absolute atomic E-state index is 12.9. The van der Waals surface area contributed by atoms with Crippen LogP contribution >= 0.6 is 0 Å². The second kappa shape index (κ2) is 8.41. The molecule has 1 saturated heterocycles. The third kappa shape index (κ3) is 4.01. The number of nitrogens with zero attached hydrogens (tertiary/aromatic N) is 4. The Morgan fingerprint density at radius 1 is 1.13 bits per heavy atom. The zero-order valence-corrected chi connectivity index (χ0v) is 17.6. The van der Waals surface area contributed by atoms with Gasteiger partial charge in [-0.05, 0) is 31.2 Å². The van der Waals surface area contributed by atoms with E-state index in [2.05, 4.69) is 27.0 Å². The van der Waals surface area contributed by atoms with Crippen molar-refractivity contribution in [1.82, 2.24) is 19.4 Å². The van der Waals surface area contributed by atoms with Crippen molar-refractivity contribution in [2.45, 2.75) is 20.4 Å². The van der Waals surface area contributed by atoms with E-state index in [1.165, 1.54) is 16.5 Å². The second-order valence-electron chi connectivity index (χ2n) is 7.74. The molecule has 2 aromatic heterocycles. The van der Waals surface area contributed by atoms with E-state index in [1.54, 1.807) is 14.0 Å². The summed E-state index contributed by atoms with van der Waals surface area (Å²) >= 11 is 0. The van der Waals surface area contributed by atoms with Crippen LogP contribution in [0.2, 0.25) is 0 Å². The van der Waals surface area contributed by atoms with Crippen LogP contribution in [0.3, 0.4) is 0 Å². The number of likely N-dealkylation sites (N-methyl/N-ethyl adjacent to an activating group) is 1. The van der Waals surface area contributed by atoms with E-state index >= 15 is 0 Å². The molecule has 0 atom stereocenters. The molecular formula is C22H27N5O3. The van der Waals surface area contributed by atoms with Gasteiger partial charge in [0.15, 0.2) is 0 Å². The van der Waals surface area contributed by atoms with Gasteiger partial charge in [-0.25, -0.2) is 4.98 Å². The lowest BCUT2D eigenvalue weighted by Gasteiger charge is -2.34. The van der Waals surface area contributed by atoms with Gasteiger partial charge in [0.05, 0.1) is 5.56 Å². The number of nitrogens with one attached hydrogen (secondary N) is 1. The highest BCUT2D eigenvalue weighted by atomic mass is 16.3. The van der Waals surface area contributed by atoms with Crippen LogP contribution in [0, 0.1) is 6.92 Å². The van der Waals surface area contributed by atoms with Crippen LogP contribution in [0.5, 0.6) is 0 Å². The second-order valence-corrected chi connectivity index (χ2v) is 7.74. The fourth-order valence-corrected chi connectivity index (χ4v) is 3.87. The highest BCUT2D eigenvalue weighted by molar-refractivity contribution is 6.12. The smallest absolute Gasteiger partial charge is 0.265 e. The number of amides is 1. The summed E-state index contributed by atoms with van der Waals surface area (Å²) in [6.45, 7) is 10.2. The minimum Gasteiger partial charge on any atom is -0.442 e. The lowest BCUT2D eigenvalue weighted by Crippen LogP contribution is -2.45. The van der Waals surface area contributed by atoms with Gasteiger partial charge in [-0.1, -0.05) is 19.1 Å². The minimum atomic E-state index is -0.375. The first-order valence-corrected chi connectivity index (χ1v) is 10.3. The molecule has 3 heterocycles. The lowest BCUT2D eigenvalue weighted by atomic mass is 10.1. The van der Waals surface area contributed by atoms with E-state index in [0.717, 1.165) is 39.3 Å². The number of anilines is 1. The molecule has 0 aliphatic carbocycles. The number of benzene rings is 1. The standard InChI is InChI=1S/C22H27N5O3/c1-4-26-9-11-27(12-10-26)13-16-5-7-17(8-6-16)24-20(28)18-15(2)30-21-19(18)22(29)25(3)14-23-21/h5-8,14H,4,9-13H2,1-3H3,(H,24,28). The first-order chi connectivity index (χ1) is 14.5. The Labute approximate surface area is 175 Å². The molecule has 0 spiro atoms. The van der Waals surface area contributed by atoms with Crippen molar-refractivity contribution in [3.63, 3.8) is 0 Å². The molecule has 8 heteroatoms. The molecule has 1 aliphatic rings. The van der Waals surface area contributed by atoms with Gasteiger partial charge in [0.2, 0.25) is 5.71 Å². The van der Waals surface area contributed by atoms with Crippen molar-refractivity contribution >= 4 is 22.7 Å². The van der Waals surface area contributed by atoms with Crippen LogP contribution in [0.1, 0.15) is 28.6 Å². The van der Waals surface area contributed by atoms with E-state index in [0.29, 0.717) is 11.4 Å². The Bertz CT molecular complexity index is 1110. The van der Waals surface area contributed by atoms with E-state index < -0.39 is 0 Å². The average molecular weight is 409 g/mol. The molecule has 158 valence electrons. The van der Waals surface area contributed by atoms with Crippen molar-refractivity contribution < 1.29 is 9.21 Å². The molecule has 0 radical (unpaired) electrons. The first kappa shape index (κ1) is 20.3. The van der Waals surface area contributed by atoms with Gasteiger partial charge >= 0.3 is 0 Å². The number of carbonyl (C=O) groups is 1. The molecule has 0 bridgehead atoms. The number of fused-ring (bicyclic) bond motifs is 1. The lowest BCUT2D eigenvalue weighted by molar-refractivity contribution is 0.102. The minimum absolute atomic E-state index is 0.180. The molecule has 1 aliphatic heterocycles. The highest BCUT2D eigenvalue weighted by Crippen LogP contribution is 2.22. The molecule has 1 aromatic carbocycles. The van der Waals surface area contributed by atoms with Crippen LogP contribution in [0.25, 0.3) is 11.1 Å². The summed E-state index contributed by atoms with van der Waals surface area (Å²) in [4.78, 5) is 34.3. The van der Waals surface area contributed by atoms with Crippen LogP contribution < -0.4 is 10.9 Å². The van der Waals surface area contributed by atoms with Crippen molar-refractivity contribution in [3.8, 4) is 0 Å². The summed E-state index contributed by atoms with van der Waals surface area (Å²) in [6.07, 6.45) is 1.39. The Kier molecular flexibility index (Phi) is 5.69. The van der Waals surface area contributed by atoms with Gasteiger partial charge in [-0.3, -0.25) is 14.5 Å². The zero-order valence-electron chi connectivity index (χ0n) is 17.6. The maximum atomic E-state index is 12.9. The molecule has 4 rings (SSSR count). The normalized spacial score (nSPS) is 15.6. The summed E-state index contributed by atoms with van der Waals surface area (Å²) in [5, 5.41) is 3.08. The Balaban J connectivity index is 1.46. The van der Waals surface area contributed by atoms with E-state index in [9.17, 15) is 9.59 Å². The number of aryl methyl sites for hydroxylation is 2. The molecule has 1 amide bonds. The average Bonchev–Trinajstić information content (AvgIpc) is 3.09. The molecule has 30 heavy (non-hydrogen) atoms. The largest absolute Gasteiger partial charge is 0.442 e. The Hall–Kier alpha value is -2.97. The van der Waals surface area contributed by atoms with E-state index in [-0.39, 0.29) is 28.1 Å². The number of carbonyl (C=O) groups excluding carboxylic acids is 1. The van der Waals surface area contributed by atoms with Gasteiger partial charge in [0.25, 0.3) is 11.5 Å². The van der Waals surface area contributed by atoms with Crippen LogP contribution in [-0.4, -0.2) is 58.0 Å². The van der Waals surface area contributed by atoms with Crippen molar-refractivity contribution in [3.05, 3.63) is 57.8 Å². The monoisotopic (exact) mass is 409 g/mol. The van der Waals surface area contributed by atoms with E-state index in [4.69, 9.17) is 4.42 Å². The van der Waals surface area contributed by atoms with Crippen molar-refractivity contribution in [1.29, 1.82) is 0 Å². The summed E-state index contributed by atoms with van der Waals surface area (Å²) in [5.74, 6) is 0.000860. The molecule has 3 aromatic rings. The van der Waals surface area contributed by atoms with Gasteiger partial charge in [-0.15, -0.1) is 0 Å². The predicted octanol–water partition coefficient (Wildman–Crippen LogP) is 2.22. The van der Waals surface area contributed by atoms with Crippen LogP contribution in [0.4, 0.5) is 5.69 Å². The van der Waals surface area contributed by atoms with Crippen LogP contribution in [0.15, 0.2) is 39.8 Å². The zero-order chi connectivity index (χ0) is 21.3. The topological polar surface area (TPSA) is 83.6 Å². The summed E-state index contributed by atoms with van der Waals surface area (Å²) in [5.41, 5.74) is 1.99. The van der Waals surface area contributed by atoms with E-state index in [1.807, 2.05) is 24.3 Å². The number of rotatable bonds is 5. The summed E-state index contributed by atoms with van der Waals surface area (Å²) in [7, 11) is 1.60. The molecule has 0 saturated carbocycles. The Morgan fingerprint density at radius 3 is 2.47 bits per heavy atom. The third-order valence-electron chi connectivity index (χ3n) is 5.71. The summed E-state index contributed by atoms with van der Waals surface area (Å²) in [6, 6.07) is 7.85. The van der Waals surface area contributed by atoms with Gasteiger partial charge in [0.1, 0.15) is 17.5 Å². The summed E-state index contributed by atoms with van der Waals surface area (Å²) < 4.78 is 6.86. The number of piperazine rings is 1. The SMILES string of the molecule is CCN1CCN(Cc2ccc(NC(=O)c3c(C)oc4ncn(C)c(=O)c34)cc2)CC1. The van der Waals surface area contributed by atoms with Crippen molar-refractivity contribution in [2.75, 3.05) is 38.0 Å². The molecular weight excluding hydrogens is 382 g/mol. The number of aromatic nitrogens is 2. The fourth-order valence-electron chi connectivity index (χ4n) is 3.87. The fraction of sp³-hybridized carbons (Fsp3) is 0.409. The van der Waals surface area contributed by atoms with Gasteiger partial charge in [-0.2, -0.15) is 0 Å². The Morgan fingerprint density at radius 2 is 1.80 bits per heavy atom. The van der Waals surface area contributed by atoms with Gasteiger partial charge in [0, 0.05) is 45.5 Å². The quantitative estimate of drug-likeness (QED) is 0.696. The maximum Gasteiger partial charge on any atom is 0.265 e. The van der Waals surface area contributed by atoms with Crippen molar-refractivity contribution in [2.24, 2.45) is 7.05 Å².